The first kappa shape index (κ1) is 19.9. The highest BCUT2D eigenvalue weighted by molar-refractivity contribution is 5.84. The third-order valence-electron chi connectivity index (χ3n) is 5.46. The molecule has 3 aromatic rings. The van der Waals surface area contributed by atoms with Gasteiger partial charge in [-0.1, -0.05) is 30.3 Å². The standard InChI is InChI=1S/C23H24FN3O3/c24-19-6-2-4-8-21(19)26-11-13-27(14-12-26)22(28)16-30-23(29)10-9-17-15-25-20-7-3-1-5-18(17)20/h1-8,15,25H,9-14,16H2. The second kappa shape index (κ2) is 8.98. The van der Waals surface area contributed by atoms with Gasteiger partial charge in [0.1, 0.15) is 5.82 Å². The predicted molar refractivity (Wildman–Crippen MR) is 113 cm³/mol. The first-order chi connectivity index (χ1) is 14.6. The van der Waals surface area contributed by atoms with E-state index in [0.717, 1.165) is 16.5 Å². The number of hydrogen-bond donors (Lipinski definition) is 1. The van der Waals surface area contributed by atoms with Crippen LogP contribution in [0.2, 0.25) is 0 Å². The molecule has 4 rings (SSSR count). The number of hydrogen-bond acceptors (Lipinski definition) is 4. The number of nitrogens with zero attached hydrogens (tertiary/aromatic N) is 2. The lowest BCUT2D eigenvalue weighted by Gasteiger charge is -2.36. The maximum absolute atomic E-state index is 13.9. The summed E-state index contributed by atoms with van der Waals surface area (Å²) in [5.74, 6) is -0.872. The summed E-state index contributed by atoms with van der Waals surface area (Å²) < 4.78 is 19.1. The quantitative estimate of drug-likeness (QED) is 0.636. The van der Waals surface area contributed by atoms with Crippen LogP contribution >= 0.6 is 0 Å². The number of aromatic amines is 1. The van der Waals surface area contributed by atoms with Gasteiger partial charge in [0.2, 0.25) is 0 Å². The van der Waals surface area contributed by atoms with Gasteiger partial charge in [-0.2, -0.15) is 0 Å². The normalized spacial score (nSPS) is 14.2. The second-order valence-corrected chi connectivity index (χ2v) is 7.34. The summed E-state index contributed by atoms with van der Waals surface area (Å²) in [6, 6.07) is 14.5. The summed E-state index contributed by atoms with van der Waals surface area (Å²) in [5.41, 5.74) is 2.64. The van der Waals surface area contributed by atoms with Gasteiger partial charge >= 0.3 is 5.97 Å². The molecule has 1 aliphatic heterocycles. The first-order valence-corrected chi connectivity index (χ1v) is 10.1. The molecular formula is C23H24FN3O3. The smallest absolute Gasteiger partial charge is 0.306 e. The van der Waals surface area contributed by atoms with Crippen LogP contribution in [0.5, 0.6) is 0 Å². The van der Waals surface area contributed by atoms with E-state index in [1.54, 1.807) is 23.1 Å². The van der Waals surface area contributed by atoms with Crippen LogP contribution in [0, 0.1) is 5.82 Å². The van der Waals surface area contributed by atoms with E-state index in [0.29, 0.717) is 38.3 Å². The summed E-state index contributed by atoms with van der Waals surface area (Å²) in [7, 11) is 0. The van der Waals surface area contributed by atoms with Crippen molar-refractivity contribution in [3.05, 3.63) is 66.1 Å². The van der Waals surface area contributed by atoms with E-state index < -0.39 is 5.97 Å². The van der Waals surface area contributed by atoms with E-state index in [2.05, 4.69) is 4.98 Å². The van der Waals surface area contributed by atoms with Gasteiger partial charge in [-0.15, -0.1) is 0 Å². The number of benzene rings is 2. The van der Waals surface area contributed by atoms with Crippen molar-refractivity contribution < 1.29 is 18.7 Å². The summed E-state index contributed by atoms with van der Waals surface area (Å²) >= 11 is 0. The molecule has 1 aromatic heterocycles. The zero-order valence-electron chi connectivity index (χ0n) is 16.6. The Hall–Kier alpha value is -3.35. The van der Waals surface area contributed by atoms with Crippen molar-refractivity contribution in [1.29, 1.82) is 0 Å². The average Bonchev–Trinajstić information content (AvgIpc) is 3.20. The van der Waals surface area contributed by atoms with E-state index in [4.69, 9.17) is 4.74 Å². The number of nitrogens with one attached hydrogen (secondary N) is 1. The second-order valence-electron chi connectivity index (χ2n) is 7.34. The van der Waals surface area contributed by atoms with Crippen LogP contribution in [0.25, 0.3) is 10.9 Å². The summed E-state index contributed by atoms with van der Waals surface area (Å²) in [5, 5.41) is 1.09. The van der Waals surface area contributed by atoms with Crippen molar-refractivity contribution in [2.24, 2.45) is 0 Å². The molecule has 30 heavy (non-hydrogen) atoms. The Kier molecular flexibility index (Phi) is 5.97. The van der Waals surface area contributed by atoms with Crippen molar-refractivity contribution in [3.8, 4) is 0 Å². The van der Waals surface area contributed by atoms with Crippen LogP contribution in [-0.4, -0.2) is 54.5 Å². The molecule has 1 fully saturated rings. The highest BCUT2D eigenvalue weighted by atomic mass is 19.1. The molecule has 1 N–H and O–H groups in total. The van der Waals surface area contributed by atoms with Crippen molar-refractivity contribution >= 4 is 28.5 Å². The Morgan fingerprint density at radius 1 is 1.00 bits per heavy atom. The number of fused-ring (bicyclic) bond motifs is 1. The number of H-pyrrole nitrogens is 1. The lowest BCUT2D eigenvalue weighted by Crippen LogP contribution is -2.50. The van der Waals surface area contributed by atoms with Crippen LogP contribution in [0.3, 0.4) is 0 Å². The fourth-order valence-electron chi connectivity index (χ4n) is 3.79. The maximum Gasteiger partial charge on any atom is 0.306 e. The van der Waals surface area contributed by atoms with Crippen LogP contribution < -0.4 is 4.90 Å². The van der Waals surface area contributed by atoms with Gasteiger partial charge in [-0.25, -0.2) is 4.39 Å². The molecule has 0 spiro atoms. The molecule has 0 radical (unpaired) electrons. The number of amides is 1. The molecule has 156 valence electrons. The van der Waals surface area contributed by atoms with Crippen LogP contribution in [0.4, 0.5) is 10.1 Å². The molecule has 6 nitrogen and oxygen atoms in total. The molecule has 0 saturated carbocycles. The Balaban J connectivity index is 1.21. The first-order valence-electron chi connectivity index (χ1n) is 10.1. The van der Waals surface area contributed by atoms with Crippen molar-refractivity contribution in [2.45, 2.75) is 12.8 Å². The zero-order chi connectivity index (χ0) is 20.9. The zero-order valence-corrected chi connectivity index (χ0v) is 16.6. The lowest BCUT2D eigenvalue weighted by molar-refractivity contribution is -0.152. The molecular weight excluding hydrogens is 385 g/mol. The number of esters is 1. The summed E-state index contributed by atoms with van der Waals surface area (Å²) in [6.45, 7) is 1.77. The van der Waals surface area contributed by atoms with E-state index in [1.165, 1.54) is 6.07 Å². The number of aryl methyl sites for hydroxylation is 1. The number of anilines is 1. The molecule has 0 atom stereocenters. The van der Waals surface area contributed by atoms with E-state index in [1.807, 2.05) is 35.4 Å². The minimum Gasteiger partial charge on any atom is -0.456 e. The van der Waals surface area contributed by atoms with Crippen molar-refractivity contribution in [1.82, 2.24) is 9.88 Å². The lowest BCUT2D eigenvalue weighted by atomic mass is 10.1. The van der Waals surface area contributed by atoms with Crippen molar-refractivity contribution in [3.63, 3.8) is 0 Å². The number of piperazine rings is 1. The third kappa shape index (κ3) is 4.45. The van der Waals surface area contributed by atoms with E-state index >= 15 is 0 Å². The van der Waals surface area contributed by atoms with Crippen molar-refractivity contribution in [2.75, 3.05) is 37.7 Å². The number of rotatable bonds is 6. The number of halogens is 1. The molecule has 7 heteroatoms. The molecule has 0 aliphatic carbocycles. The molecule has 0 unspecified atom stereocenters. The van der Waals surface area contributed by atoms with Gasteiger partial charge in [-0.3, -0.25) is 9.59 Å². The van der Waals surface area contributed by atoms with Gasteiger partial charge in [0, 0.05) is 49.7 Å². The Morgan fingerprint density at radius 3 is 2.53 bits per heavy atom. The van der Waals surface area contributed by atoms with Gasteiger partial charge in [-0.05, 0) is 30.2 Å². The fraction of sp³-hybridized carbons (Fsp3) is 0.304. The average molecular weight is 409 g/mol. The van der Waals surface area contributed by atoms with Crippen LogP contribution in [0.1, 0.15) is 12.0 Å². The predicted octanol–water partition coefficient (Wildman–Crippen LogP) is 3.13. The SMILES string of the molecule is O=C(CCc1c[nH]c2ccccc12)OCC(=O)N1CCN(c2ccccc2F)CC1. The van der Waals surface area contributed by atoms with Crippen LogP contribution in [0.15, 0.2) is 54.7 Å². The Morgan fingerprint density at radius 2 is 1.73 bits per heavy atom. The number of carbonyl (C=O) groups is 2. The fourth-order valence-corrected chi connectivity index (χ4v) is 3.79. The monoisotopic (exact) mass is 409 g/mol. The number of aromatic nitrogens is 1. The van der Waals surface area contributed by atoms with E-state index in [-0.39, 0.29) is 24.8 Å². The Bertz CT molecular complexity index is 1040. The summed E-state index contributed by atoms with van der Waals surface area (Å²) in [4.78, 5) is 31.2. The number of ether oxygens (including phenoxy) is 1. The highest BCUT2D eigenvalue weighted by Crippen LogP contribution is 2.21. The maximum atomic E-state index is 13.9. The largest absolute Gasteiger partial charge is 0.456 e. The van der Waals surface area contributed by atoms with Gasteiger partial charge in [0.05, 0.1) is 5.69 Å². The molecule has 1 saturated heterocycles. The van der Waals surface area contributed by atoms with Gasteiger partial charge in [0.25, 0.3) is 5.91 Å². The Labute approximate surface area is 174 Å². The topological polar surface area (TPSA) is 65.6 Å². The third-order valence-corrected chi connectivity index (χ3v) is 5.46. The number of carbonyl (C=O) groups excluding carboxylic acids is 2. The van der Waals surface area contributed by atoms with Gasteiger partial charge in [0.15, 0.2) is 6.61 Å². The summed E-state index contributed by atoms with van der Waals surface area (Å²) in [6.07, 6.45) is 2.67. The van der Waals surface area contributed by atoms with E-state index in [9.17, 15) is 14.0 Å². The number of para-hydroxylation sites is 2. The minimum absolute atomic E-state index is 0.218. The molecule has 0 bridgehead atoms. The molecule has 2 heterocycles. The molecule has 1 aliphatic rings. The van der Waals surface area contributed by atoms with Crippen LogP contribution in [-0.2, 0) is 20.7 Å². The minimum atomic E-state index is -0.390. The molecule has 2 aromatic carbocycles. The van der Waals surface area contributed by atoms with Gasteiger partial charge < -0.3 is 19.5 Å². The highest BCUT2D eigenvalue weighted by Gasteiger charge is 2.23. The molecule has 1 amide bonds.